The van der Waals surface area contributed by atoms with Gasteiger partial charge in [0.05, 0.1) is 11.8 Å². The molecule has 2 N–H and O–H groups in total. The van der Waals surface area contributed by atoms with E-state index in [-0.39, 0.29) is 17.6 Å². The zero-order valence-electron chi connectivity index (χ0n) is 23.5. The first kappa shape index (κ1) is 29.6. The number of rotatable bonds is 12. The Balaban J connectivity index is 1.46. The van der Waals surface area contributed by atoms with Gasteiger partial charge < -0.3 is 15.1 Å². The number of benzene rings is 2. The lowest BCUT2D eigenvalue weighted by Crippen LogP contribution is -2.32. The molecule has 1 aliphatic carbocycles. The van der Waals surface area contributed by atoms with Crippen LogP contribution in [0, 0.1) is 5.82 Å². The normalized spacial score (nSPS) is 13.2. The fraction of sp³-hybridized carbons (Fsp3) is 0.387. The van der Waals surface area contributed by atoms with Crippen molar-refractivity contribution in [2.24, 2.45) is 5.10 Å². The summed E-state index contributed by atoms with van der Waals surface area (Å²) < 4.78 is 13.5. The molecule has 212 valence electrons. The maximum Gasteiger partial charge on any atom is 0.274 e. The van der Waals surface area contributed by atoms with Crippen LogP contribution in [0.4, 0.5) is 9.39 Å². The average molecular weight is 564 g/mol. The lowest BCUT2D eigenvalue weighted by Gasteiger charge is -2.23. The van der Waals surface area contributed by atoms with E-state index in [1.807, 2.05) is 18.2 Å². The quantitative estimate of drug-likeness (QED) is 0.224. The number of thiophene rings is 1. The molecule has 1 heterocycles. The van der Waals surface area contributed by atoms with Crippen LogP contribution in [0.25, 0.3) is 0 Å². The lowest BCUT2D eigenvalue weighted by atomic mass is 9.95. The van der Waals surface area contributed by atoms with Crippen molar-refractivity contribution in [1.82, 2.24) is 15.2 Å². The molecule has 0 atom stereocenters. The van der Waals surface area contributed by atoms with E-state index in [2.05, 4.69) is 46.5 Å². The number of aryl methyl sites for hydroxylation is 1. The SMILES string of the molecule is CCN(CC)CCN(C)Cc1cccc(C(=O)Nc2sc3c(c2C(=O)NN=Cc2cccc(F)c2)CCCC3)c1. The van der Waals surface area contributed by atoms with Gasteiger partial charge in [-0.05, 0) is 86.8 Å². The minimum atomic E-state index is -0.383. The molecule has 2 amide bonds. The molecule has 40 heavy (non-hydrogen) atoms. The third-order valence-corrected chi connectivity index (χ3v) is 8.40. The summed E-state index contributed by atoms with van der Waals surface area (Å²) >= 11 is 1.47. The Morgan fingerprint density at radius 3 is 2.58 bits per heavy atom. The van der Waals surface area contributed by atoms with Gasteiger partial charge in [0.25, 0.3) is 11.8 Å². The topological polar surface area (TPSA) is 77.0 Å². The van der Waals surface area contributed by atoms with Crippen molar-refractivity contribution in [2.75, 3.05) is 38.5 Å². The van der Waals surface area contributed by atoms with Gasteiger partial charge in [0.1, 0.15) is 10.8 Å². The summed E-state index contributed by atoms with van der Waals surface area (Å²) in [5.41, 5.74) is 6.17. The Morgan fingerprint density at radius 2 is 1.80 bits per heavy atom. The Hall–Kier alpha value is -3.40. The van der Waals surface area contributed by atoms with Crippen LogP contribution in [0.3, 0.4) is 0 Å². The summed E-state index contributed by atoms with van der Waals surface area (Å²) in [6.45, 7) is 9.10. The number of likely N-dealkylation sites (N-methyl/N-ethyl adjacent to an activating group) is 2. The van der Waals surface area contributed by atoms with Gasteiger partial charge in [-0.2, -0.15) is 5.10 Å². The fourth-order valence-corrected chi connectivity index (χ4v) is 6.21. The van der Waals surface area contributed by atoms with E-state index < -0.39 is 0 Å². The van der Waals surface area contributed by atoms with Crippen LogP contribution in [0.5, 0.6) is 0 Å². The molecule has 0 saturated heterocycles. The average Bonchev–Trinajstić information content (AvgIpc) is 3.31. The zero-order valence-corrected chi connectivity index (χ0v) is 24.3. The molecule has 4 rings (SSSR count). The largest absolute Gasteiger partial charge is 0.313 e. The molecule has 0 fully saturated rings. The zero-order chi connectivity index (χ0) is 28.5. The Kier molecular flexibility index (Phi) is 10.6. The molecular formula is C31H38FN5O2S. The second kappa shape index (κ2) is 14.3. The molecule has 0 aliphatic heterocycles. The lowest BCUT2D eigenvalue weighted by molar-refractivity contribution is 0.0955. The molecule has 0 spiro atoms. The van der Waals surface area contributed by atoms with E-state index in [0.29, 0.717) is 21.7 Å². The van der Waals surface area contributed by atoms with Gasteiger partial charge in [0, 0.05) is 30.1 Å². The van der Waals surface area contributed by atoms with Crippen molar-refractivity contribution in [1.29, 1.82) is 0 Å². The van der Waals surface area contributed by atoms with Gasteiger partial charge in [-0.3, -0.25) is 9.59 Å². The smallest absolute Gasteiger partial charge is 0.274 e. The molecule has 1 aromatic heterocycles. The molecule has 7 nitrogen and oxygen atoms in total. The molecule has 3 aromatic rings. The number of anilines is 1. The second-order valence-corrected chi connectivity index (χ2v) is 11.2. The number of hydrogen-bond donors (Lipinski definition) is 2. The Morgan fingerprint density at radius 1 is 1.02 bits per heavy atom. The number of carbonyl (C=O) groups is 2. The summed E-state index contributed by atoms with van der Waals surface area (Å²) in [6, 6.07) is 13.6. The van der Waals surface area contributed by atoms with Crippen molar-refractivity contribution in [2.45, 2.75) is 46.1 Å². The van der Waals surface area contributed by atoms with Crippen LogP contribution >= 0.6 is 11.3 Å². The van der Waals surface area contributed by atoms with Crippen molar-refractivity contribution < 1.29 is 14.0 Å². The molecular weight excluding hydrogens is 525 g/mol. The summed E-state index contributed by atoms with van der Waals surface area (Å²) in [4.78, 5) is 32.4. The van der Waals surface area contributed by atoms with E-state index in [9.17, 15) is 14.0 Å². The van der Waals surface area contributed by atoms with Gasteiger partial charge in [0.2, 0.25) is 0 Å². The highest BCUT2D eigenvalue weighted by molar-refractivity contribution is 7.17. The standard InChI is InChI=1S/C31H38FN5O2S/c1-4-37(5-2)17-16-36(3)21-23-11-8-12-24(18-23)29(38)34-31-28(26-14-6-7-15-27(26)40-31)30(39)35-33-20-22-10-9-13-25(32)19-22/h8-13,18-20H,4-7,14-17,21H2,1-3H3,(H,34,38)(H,35,39). The van der Waals surface area contributed by atoms with E-state index >= 15 is 0 Å². The predicted molar refractivity (Wildman–Crippen MR) is 161 cm³/mol. The van der Waals surface area contributed by atoms with Crippen molar-refractivity contribution >= 4 is 34.4 Å². The van der Waals surface area contributed by atoms with E-state index in [4.69, 9.17) is 0 Å². The highest BCUT2D eigenvalue weighted by Gasteiger charge is 2.26. The molecule has 0 unspecified atom stereocenters. The van der Waals surface area contributed by atoms with Gasteiger partial charge in [-0.15, -0.1) is 11.3 Å². The number of fused-ring (bicyclic) bond motifs is 1. The molecule has 0 radical (unpaired) electrons. The first-order chi connectivity index (χ1) is 19.4. The molecule has 1 aliphatic rings. The van der Waals surface area contributed by atoms with Crippen molar-refractivity contribution in [3.05, 3.63) is 87.0 Å². The summed E-state index contributed by atoms with van der Waals surface area (Å²) in [6.07, 6.45) is 5.13. The summed E-state index contributed by atoms with van der Waals surface area (Å²) in [5.74, 6) is -1.00. The maximum atomic E-state index is 13.5. The van der Waals surface area contributed by atoms with Gasteiger partial charge in [-0.25, -0.2) is 9.82 Å². The van der Waals surface area contributed by atoms with Crippen LogP contribution in [0.15, 0.2) is 53.6 Å². The van der Waals surface area contributed by atoms with Gasteiger partial charge in [-0.1, -0.05) is 38.1 Å². The monoisotopic (exact) mass is 563 g/mol. The van der Waals surface area contributed by atoms with Crippen LogP contribution in [0.2, 0.25) is 0 Å². The van der Waals surface area contributed by atoms with Crippen LogP contribution in [-0.4, -0.2) is 61.1 Å². The second-order valence-electron chi connectivity index (χ2n) is 10.1. The highest BCUT2D eigenvalue weighted by atomic mass is 32.1. The molecule has 0 bridgehead atoms. The number of nitrogens with zero attached hydrogens (tertiary/aromatic N) is 3. The van der Waals surface area contributed by atoms with Crippen LogP contribution in [-0.2, 0) is 19.4 Å². The first-order valence-electron chi connectivity index (χ1n) is 13.9. The van der Waals surface area contributed by atoms with E-state index in [0.717, 1.165) is 74.4 Å². The van der Waals surface area contributed by atoms with Gasteiger partial charge in [0.15, 0.2) is 0 Å². The van der Waals surface area contributed by atoms with E-state index in [1.165, 1.54) is 29.7 Å². The van der Waals surface area contributed by atoms with Gasteiger partial charge >= 0.3 is 0 Å². The summed E-state index contributed by atoms with van der Waals surface area (Å²) in [5, 5.41) is 7.59. The maximum absolute atomic E-state index is 13.5. The van der Waals surface area contributed by atoms with Crippen LogP contribution < -0.4 is 10.7 Å². The Labute approximate surface area is 240 Å². The predicted octanol–water partition coefficient (Wildman–Crippen LogP) is 5.56. The minimum Gasteiger partial charge on any atom is -0.313 e. The molecule has 0 saturated carbocycles. The first-order valence-corrected chi connectivity index (χ1v) is 14.7. The van der Waals surface area contributed by atoms with Crippen molar-refractivity contribution in [3.63, 3.8) is 0 Å². The summed E-state index contributed by atoms with van der Waals surface area (Å²) in [7, 11) is 2.09. The molecule has 9 heteroatoms. The number of halogens is 1. The van der Waals surface area contributed by atoms with Crippen molar-refractivity contribution in [3.8, 4) is 0 Å². The Bertz CT molecular complexity index is 1350. The van der Waals surface area contributed by atoms with E-state index in [1.54, 1.807) is 18.2 Å². The molecule has 2 aromatic carbocycles. The number of amides is 2. The third-order valence-electron chi connectivity index (χ3n) is 7.19. The van der Waals surface area contributed by atoms with Crippen LogP contribution in [0.1, 0.15) is 69.0 Å². The number of hydrazone groups is 1. The fourth-order valence-electron chi connectivity index (χ4n) is 4.93. The third kappa shape index (κ3) is 7.84. The number of carbonyl (C=O) groups excluding carboxylic acids is 2. The number of nitrogens with one attached hydrogen (secondary N) is 2. The minimum absolute atomic E-state index is 0.247. The number of hydrogen-bond acceptors (Lipinski definition) is 6. The highest BCUT2D eigenvalue weighted by Crippen LogP contribution is 2.38.